The van der Waals surface area contributed by atoms with Crippen LogP contribution in [0.3, 0.4) is 0 Å². The Labute approximate surface area is 129 Å². The minimum Gasteiger partial charge on any atom is -0.444 e. The molecule has 1 aliphatic rings. The van der Waals surface area contributed by atoms with Crippen molar-refractivity contribution in [2.45, 2.75) is 45.4 Å². The Hall–Kier alpha value is -1.61. The molecule has 2 rings (SSSR count). The van der Waals surface area contributed by atoms with Crippen LogP contribution in [-0.4, -0.2) is 47.9 Å². The predicted molar refractivity (Wildman–Crippen MR) is 82.3 cm³/mol. The van der Waals surface area contributed by atoms with E-state index in [1.165, 1.54) is 0 Å². The molecule has 1 saturated heterocycles. The van der Waals surface area contributed by atoms with Gasteiger partial charge in [-0.25, -0.2) is 13.2 Å². The summed E-state index contributed by atoms with van der Waals surface area (Å²) in [6.07, 6.45) is 1.62. The second-order valence-electron chi connectivity index (χ2n) is 6.38. The number of nitrogens with one attached hydrogen (secondary N) is 3. The third-order valence-electron chi connectivity index (χ3n) is 3.16. The van der Waals surface area contributed by atoms with Gasteiger partial charge < -0.3 is 10.1 Å². The Kier molecular flexibility index (Phi) is 4.76. The molecule has 0 aliphatic carbocycles. The van der Waals surface area contributed by atoms with Crippen LogP contribution >= 0.6 is 0 Å². The van der Waals surface area contributed by atoms with E-state index in [0.29, 0.717) is 18.8 Å². The smallest absolute Gasteiger partial charge is 0.413 e. The maximum atomic E-state index is 11.7. The van der Waals surface area contributed by atoms with Crippen molar-refractivity contribution in [3.63, 3.8) is 0 Å². The molecule has 0 bridgehead atoms. The lowest BCUT2D eigenvalue weighted by Gasteiger charge is -2.19. The maximum absolute atomic E-state index is 11.7. The number of ether oxygens (including phenoxy) is 1. The van der Waals surface area contributed by atoms with Crippen molar-refractivity contribution in [3.8, 4) is 0 Å². The highest BCUT2D eigenvalue weighted by Crippen LogP contribution is 2.16. The van der Waals surface area contributed by atoms with Gasteiger partial charge in [0.1, 0.15) is 11.4 Å². The van der Waals surface area contributed by atoms with Crippen molar-refractivity contribution in [3.05, 3.63) is 11.8 Å². The number of rotatable bonds is 4. The van der Waals surface area contributed by atoms with Crippen LogP contribution in [-0.2, 0) is 21.1 Å². The van der Waals surface area contributed by atoms with Gasteiger partial charge in [-0.2, -0.15) is 5.10 Å². The van der Waals surface area contributed by atoms with Crippen LogP contribution in [0.1, 0.15) is 32.8 Å². The van der Waals surface area contributed by atoms with Gasteiger partial charge in [-0.15, -0.1) is 0 Å². The topological polar surface area (TPSA) is 113 Å². The van der Waals surface area contributed by atoms with Gasteiger partial charge in [0.05, 0.1) is 17.7 Å². The van der Waals surface area contributed by atoms with Crippen LogP contribution in [0, 0.1) is 0 Å². The highest BCUT2D eigenvalue weighted by Gasteiger charge is 2.27. The van der Waals surface area contributed by atoms with E-state index in [1.54, 1.807) is 27.0 Å². The number of nitrogens with zero attached hydrogens (tertiary/aromatic N) is 1. The molecule has 22 heavy (non-hydrogen) atoms. The van der Waals surface area contributed by atoms with E-state index in [1.807, 2.05) is 0 Å². The number of H-pyrrole nitrogens is 1. The molecule has 1 aliphatic heterocycles. The molecule has 1 aromatic rings. The van der Waals surface area contributed by atoms with E-state index in [0.717, 1.165) is 5.56 Å². The zero-order chi connectivity index (χ0) is 16.4. The van der Waals surface area contributed by atoms with E-state index in [-0.39, 0.29) is 17.5 Å². The van der Waals surface area contributed by atoms with Gasteiger partial charge >= 0.3 is 6.09 Å². The molecular formula is C13H22N4O4S. The van der Waals surface area contributed by atoms with Gasteiger partial charge in [-0.05, 0) is 27.2 Å². The van der Waals surface area contributed by atoms with Crippen molar-refractivity contribution in [2.24, 2.45) is 0 Å². The van der Waals surface area contributed by atoms with Gasteiger partial charge in [-0.1, -0.05) is 0 Å². The average molecular weight is 330 g/mol. The molecule has 124 valence electrons. The molecule has 1 fully saturated rings. The fraction of sp³-hybridized carbons (Fsp3) is 0.692. The molecule has 1 unspecified atom stereocenters. The van der Waals surface area contributed by atoms with E-state index in [2.05, 4.69) is 20.8 Å². The van der Waals surface area contributed by atoms with Gasteiger partial charge in [0.2, 0.25) is 0 Å². The summed E-state index contributed by atoms with van der Waals surface area (Å²) in [6.45, 7) is 5.76. The first-order chi connectivity index (χ1) is 10.1. The minimum absolute atomic E-state index is 0.0609. The molecule has 3 N–H and O–H groups in total. The van der Waals surface area contributed by atoms with Crippen molar-refractivity contribution >= 4 is 21.7 Å². The van der Waals surface area contributed by atoms with E-state index in [9.17, 15) is 13.2 Å². The standard InChI is InChI=1S/C13H22N4O4S/c1-13(2,3)21-12(18)16-11-9(7-15-17-11)6-14-10-4-5-22(19,20)8-10/h7,10,14H,4-6,8H2,1-3H3,(H2,15,16,17,18). The molecule has 0 spiro atoms. The monoisotopic (exact) mass is 330 g/mol. The summed E-state index contributed by atoms with van der Waals surface area (Å²) < 4.78 is 28.0. The van der Waals surface area contributed by atoms with Crippen molar-refractivity contribution in [1.82, 2.24) is 15.5 Å². The largest absolute Gasteiger partial charge is 0.444 e. The van der Waals surface area contributed by atoms with Crippen LogP contribution in [0.2, 0.25) is 0 Å². The van der Waals surface area contributed by atoms with Crippen molar-refractivity contribution in [2.75, 3.05) is 16.8 Å². The summed E-state index contributed by atoms with van der Waals surface area (Å²) in [5.41, 5.74) is 0.163. The third-order valence-corrected chi connectivity index (χ3v) is 4.93. The Morgan fingerprint density at radius 3 is 2.82 bits per heavy atom. The van der Waals surface area contributed by atoms with Gasteiger partial charge in [-0.3, -0.25) is 10.4 Å². The Balaban J connectivity index is 1.89. The number of anilines is 1. The fourth-order valence-corrected chi connectivity index (χ4v) is 3.88. The Bertz CT molecular complexity index is 633. The first-order valence-electron chi connectivity index (χ1n) is 7.11. The molecule has 2 heterocycles. The highest BCUT2D eigenvalue weighted by molar-refractivity contribution is 7.91. The average Bonchev–Trinajstić information content (AvgIpc) is 2.90. The molecule has 1 atom stereocenters. The quantitative estimate of drug-likeness (QED) is 0.760. The SMILES string of the molecule is CC(C)(C)OC(=O)Nc1[nH]ncc1CNC1CCS(=O)(=O)C1. The lowest BCUT2D eigenvalue weighted by molar-refractivity contribution is 0.0635. The summed E-state index contributed by atoms with van der Waals surface area (Å²) >= 11 is 0. The van der Waals surface area contributed by atoms with E-state index < -0.39 is 21.5 Å². The predicted octanol–water partition coefficient (Wildman–Crippen LogP) is 1.03. The normalized spacial score (nSPS) is 20.8. The number of hydrogen-bond donors (Lipinski definition) is 3. The zero-order valence-electron chi connectivity index (χ0n) is 13.0. The first-order valence-corrected chi connectivity index (χ1v) is 8.93. The zero-order valence-corrected chi connectivity index (χ0v) is 13.8. The van der Waals surface area contributed by atoms with Crippen LogP contribution < -0.4 is 10.6 Å². The number of carbonyl (C=O) groups is 1. The first kappa shape index (κ1) is 16.8. The highest BCUT2D eigenvalue weighted by atomic mass is 32.2. The number of aromatic nitrogens is 2. The van der Waals surface area contributed by atoms with E-state index in [4.69, 9.17) is 4.74 Å². The summed E-state index contributed by atoms with van der Waals surface area (Å²) in [5.74, 6) is 0.821. The van der Waals surface area contributed by atoms with Crippen LogP contribution in [0.5, 0.6) is 0 Å². The molecule has 9 heteroatoms. The van der Waals surface area contributed by atoms with Crippen LogP contribution in [0.4, 0.5) is 10.6 Å². The number of aromatic amines is 1. The molecule has 0 radical (unpaired) electrons. The number of sulfone groups is 1. The lowest BCUT2D eigenvalue weighted by Crippen LogP contribution is -2.30. The third kappa shape index (κ3) is 4.99. The molecule has 0 aromatic carbocycles. The van der Waals surface area contributed by atoms with Crippen LogP contribution in [0.25, 0.3) is 0 Å². The fourth-order valence-electron chi connectivity index (χ4n) is 2.17. The molecule has 8 nitrogen and oxygen atoms in total. The molecule has 1 aromatic heterocycles. The van der Waals surface area contributed by atoms with Gasteiger partial charge in [0.15, 0.2) is 9.84 Å². The van der Waals surface area contributed by atoms with Gasteiger partial charge in [0, 0.05) is 18.2 Å². The van der Waals surface area contributed by atoms with Crippen molar-refractivity contribution < 1.29 is 17.9 Å². The molecule has 1 amide bonds. The Morgan fingerprint density at radius 1 is 1.50 bits per heavy atom. The summed E-state index contributed by atoms with van der Waals surface area (Å²) in [5, 5.41) is 12.4. The van der Waals surface area contributed by atoms with Crippen LogP contribution in [0.15, 0.2) is 6.20 Å². The number of carbonyl (C=O) groups excluding carboxylic acids is 1. The molecular weight excluding hydrogens is 308 g/mol. The summed E-state index contributed by atoms with van der Waals surface area (Å²) in [6, 6.07) is -0.0609. The lowest BCUT2D eigenvalue weighted by atomic mass is 10.2. The van der Waals surface area contributed by atoms with Crippen molar-refractivity contribution in [1.29, 1.82) is 0 Å². The number of amides is 1. The summed E-state index contributed by atoms with van der Waals surface area (Å²) in [7, 11) is -2.91. The number of hydrogen-bond acceptors (Lipinski definition) is 6. The summed E-state index contributed by atoms with van der Waals surface area (Å²) in [4.78, 5) is 11.7. The van der Waals surface area contributed by atoms with Gasteiger partial charge in [0.25, 0.3) is 0 Å². The Morgan fingerprint density at radius 2 is 2.23 bits per heavy atom. The van der Waals surface area contributed by atoms with E-state index >= 15 is 0 Å². The molecule has 0 saturated carbocycles. The minimum atomic E-state index is -2.91. The maximum Gasteiger partial charge on any atom is 0.413 e. The second kappa shape index (κ2) is 6.25. The second-order valence-corrected chi connectivity index (χ2v) is 8.61.